The van der Waals surface area contributed by atoms with Gasteiger partial charge in [-0.05, 0) is 55.2 Å². The highest BCUT2D eigenvalue weighted by Crippen LogP contribution is 2.29. The number of nitrogens with zero attached hydrogens (tertiary/aromatic N) is 2. The van der Waals surface area contributed by atoms with Crippen LogP contribution in [0, 0.1) is 12.7 Å². The van der Waals surface area contributed by atoms with Crippen molar-refractivity contribution in [3.63, 3.8) is 0 Å². The predicted molar refractivity (Wildman–Crippen MR) is 131 cm³/mol. The molecular formula is C26H24FN3O3S. The third-order valence-electron chi connectivity index (χ3n) is 6.03. The SMILES string of the molecule is Cc1c(C(=O)Nc2cccc(OCc3ccc(F)cc3)c2)sc2nc3n(c(=O)c12)CCCCC3. The highest BCUT2D eigenvalue weighted by Gasteiger charge is 2.22. The Morgan fingerprint density at radius 1 is 1.18 bits per heavy atom. The van der Waals surface area contributed by atoms with Gasteiger partial charge in [0.1, 0.15) is 28.8 Å². The quantitative estimate of drug-likeness (QED) is 0.414. The Morgan fingerprint density at radius 3 is 2.82 bits per heavy atom. The van der Waals surface area contributed by atoms with Gasteiger partial charge in [0.05, 0.1) is 10.3 Å². The summed E-state index contributed by atoms with van der Waals surface area (Å²) in [4.78, 5) is 32.1. The van der Waals surface area contributed by atoms with E-state index in [2.05, 4.69) is 5.32 Å². The van der Waals surface area contributed by atoms with Crippen molar-refractivity contribution in [2.75, 3.05) is 5.32 Å². The van der Waals surface area contributed by atoms with Crippen molar-refractivity contribution in [1.82, 2.24) is 9.55 Å². The summed E-state index contributed by atoms with van der Waals surface area (Å²) >= 11 is 1.26. The van der Waals surface area contributed by atoms with Crippen molar-refractivity contribution < 1.29 is 13.9 Å². The molecule has 0 saturated carbocycles. The average Bonchev–Trinajstić information content (AvgIpc) is 3.00. The number of carbonyl (C=O) groups excluding carboxylic acids is 1. The van der Waals surface area contributed by atoms with E-state index in [0.717, 1.165) is 37.1 Å². The molecule has 5 rings (SSSR count). The minimum absolute atomic E-state index is 0.0501. The molecule has 1 amide bonds. The number of halogens is 1. The molecule has 0 spiro atoms. The van der Waals surface area contributed by atoms with Crippen molar-refractivity contribution in [2.45, 2.75) is 45.8 Å². The fraction of sp³-hybridized carbons (Fsp3) is 0.269. The summed E-state index contributed by atoms with van der Waals surface area (Å²) in [7, 11) is 0. The molecule has 0 radical (unpaired) electrons. The summed E-state index contributed by atoms with van der Waals surface area (Å²) in [6.45, 7) is 2.77. The van der Waals surface area contributed by atoms with Gasteiger partial charge in [-0.15, -0.1) is 11.3 Å². The van der Waals surface area contributed by atoms with E-state index in [9.17, 15) is 14.0 Å². The van der Waals surface area contributed by atoms with E-state index in [1.165, 1.54) is 23.5 Å². The molecule has 4 aromatic rings. The number of nitrogens with one attached hydrogen (secondary N) is 1. The lowest BCUT2D eigenvalue weighted by Crippen LogP contribution is -2.24. The lowest BCUT2D eigenvalue weighted by molar-refractivity contribution is 0.103. The van der Waals surface area contributed by atoms with E-state index >= 15 is 0 Å². The van der Waals surface area contributed by atoms with E-state index < -0.39 is 0 Å². The van der Waals surface area contributed by atoms with Gasteiger partial charge < -0.3 is 10.1 Å². The number of hydrogen-bond donors (Lipinski definition) is 1. The molecule has 1 aliphatic heterocycles. The Bertz CT molecular complexity index is 1430. The number of anilines is 1. The number of benzene rings is 2. The van der Waals surface area contributed by atoms with Crippen LogP contribution in [0.2, 0.25) is 0 Å². The Labute approximate surface area is 200 Å². The lowest BCUT2D eigenvalue weighted by atomic mass is 10.2. The van der Waals surface area contributed by atoms with Crippen molar-refractivity contribution >= 4 is 33.1 Å². The van der Waals surface area contributed by atoms with Gasteiger partial charge in [-0.2, -0.15) is 0 Å². The largest absolute Gasteiger partial charge is 0.489 e. The Balaban J connectivity index is 1.36. The van der Waals surface area contributed by atoms with Crippen LogP contribution in [0.5, 0.6) is 5.75 Å². The zero-order valence-electron chi connectivity index (χ0n) is 18.8. The maximum Gasteiger partial charge on any atom is 0.266 e. The summed E-state index contributed by atoms with van der Waals surface area (Å²) in [5, 5.41) is 3.45. The molecule has 174 valence electrons. The number of hydrogen-bond acceptors (Lipinski definition) is 5. The number of aromatic nitrogens is 2. The molecule has 8 heteroatoms. The van der Waals surface area contributed by atoms with Gasteiger partial charge in [0.2, 0.25) is 0 Å². The van der Waals surface area contributed by atoms with Crippen molar-refractivity contribution in [2.24, 2.45) is 0 Å². The molecule has 0 unspecified atom stereocenters. The van der Waals surface area contributed by atoms with Crippen LogP contribution in [0.4, 0.5) is 10.1 Å². The first kappa shape index (κ1) is 22.3. The van der Waals surface area contributed by atoms with E-state index in [4.69, 9.17) is 9.72 Å². The lowest BCUT2D eigenvalue weighted by Gasteiger charge is -2.09. The first-order valence-corrected chi connectivity index (χ1v) is 12.1. The molecule has 2 aromatic heterocycles. The average molecular weight is 478 g/mol. The number of ether oxygens (including phenoxy) is 1. The van der Waals surface area contributed by atoms with Crippen LogP contribution in [-0.2, 0) is 19.6 Å². The Morgan fingerprint density at radius 2 is 2.00 bits per heavy atom. The maximum atomic E-state index is 13.2. The second kappa shape index (κ2) is 9.38. The van der Waals surface area contributed by atoms with Gasteiger partial charge in [0.25, 0.3) is 11.5 Å². The summed E-state index contributed by atoms with van der Waals surface area (Å²) in [6, 6.07) is 13.2. The first-order valence-electron chi connectivity index (χ1n) is 11.3. The number of amides is 1. The molecule has 2 aromatic carbocycles. The van der Waals surface area contributed by atoms with Gasteiger partial charge in [0, 0.05) is 24.7 Å². The van der Waals surface area contributed by atoms with Crippen LogP contribution in [-0.4, -0.2) is 15.5 Å². The van der Waals surface area contributed by atoms with Crippen LogP contribution in [0.3, 0.4) is 0 Å². The van der Waals surface area contributed by atoms with E-state index in [-0.39, 0.29) is 23.9 Å². The van der Waals surface area contributed by atoms with Crippen LogP contribution >= 0.6 is 11.3 Å². The van der Waals surface area contributed by atoms with Crippen molar-refractivity contribution in [3.05, 3.63) is 86.5 Å². The first-order chi connectivity index (χ1) is 16.5. The molecule has 0 saturated heterocycles. The van der Waals surface area contributed by atoms with E-state index in [1.807, 2.05) is 6.92 Å². The molecule has 1 N–H and O–H groups in total. The van der Waals surface area contributed by atoms with Gasteiger partial charge >= 0.3 is 0 Å². The summed E-state index contributed by atoms with van der Waals surface area (Å²) < 4.78 is 20.6. The molecule has 0 aliphatic carbocycles. The number of aryl methyl sites for hydroxylation is 2. The molecule has 3 heterocycles. The molecule has 0 bridgehead atoms. The topological polar surface area (TPSA) is 73.2 Å². The molecule has 1 aliphatic rings. The summed E-state index contributed by atoms with van der Waals surface area (Å²) in [5.74, 6) is 0.822. The fourth-order valence-corrected chi connectivity index (χ4v) is 5.31. The smallest absolute Gasteiger partial charge is 0.266 e. The minimum Gasteiger partial charge on any atom is -0.489 e. The number of rotatable bonds is 5. The Kier molecular flexibility index (Phi) is 6.15. The van der Waals surface area contributed by atoms with E-state index in [1.54, 1.807) is 41.0 Å². The molecular weight excluding hydrogens is 453 g/mol. The monoisotopic (exact) mass is 477 g/mol. The zero-order chi connectivity index (χ0) is 23.7. The molecule has 34 heavy (non-hydrogen) atoms. The minimum atomic E-state index is -0.293. The van der Waals surface area contributed by atoms with Crippen molar-refractivity contribution in [3.8, 4) is 5.75 Å². The van der Waals surface area contributed by atoms with Gasteiger partial charge in [0.15, 0.2) is 0 Å². The van der Waals surface area contributed by atoms with Crippen LogP contribution in [0.25, 0.3) is 10.2 Å². The predicted octanol–water partition coefficient (Wildman–Crippen LogP) is 5.46. The Hall–Kier alpha value is -3.52. The van der Waals surface area contributed by atoms with Gasteiger partial charge in [-0.25, -0.2) is 9.37 Å². The summed E-state index contributed by atoms with van der Waals surface area (Å²) in [5.41, 5.74) is 2.04. The third-order valence-corrected chi connectivity index (χ3v) is 7.21. The number of carbonyl (C=O) groups is 1. The third kappa shape index (κ3) is 4.46. The molecule has 6 nitrogen and oxygen atoms in total. The second-order valence-electron chi connectivity index (χ2n) is 8.43. The summed E-state index contributed by atoms with van der Waals surface area (Å²) in [6.07, 6.45) is 3.87. The van der Waals surface area contributed by atoms with E-state index in [0.29, 0.717) is 38.6 Å². The van der Waals surface area contributed by atoms with Crippen molar-refractivity contribution in [1.29, 1.82) is 0 Å². The highest BCUT2D eigenvalue weighted by atomic mass is 32.1. The second-order valence-corrected chi connectivity index (χ2v) is 9.43. The maximum absolute atomic E-state index is 13.2. The fourth-order valence-electron chi connectivity index (χ4n) is 4.23. The number of thiophene rings is 1. The van der Waals surface area contributed by atoms with Gasteiger partial charge in [-0.1, -0.05) is 24.6 Å². The van der Waals surface area contributed by atoms with Crippen LogP contribution < -0.4 is 15.6 Å². The molecule has 0 fully saturated rings. The van der Waals surface area contributed by atoms with Crippen LogP contribution in [0.15, 0.2) is 53.3 Å². The molecule has 0 atom stereocenters. The van der Waals surface area contributed by atoms with Gasteiger partial charge in [-0.3, -0.25) is 14.2 Å². The van der Waals surface area contributed by atoms with Crippen LogP contribution in [0.1, 0.15) is 45.9 Å². The zero-order valence-corrected chi connectivity index (χ0v) is 19.6. The standard InChI is InChI=1S/C26H24FN3O3S/c1-16-22-25(29-21-8-3-2-4-13-30(21)26(22)32)34-23(16)24(31)28-19-6-5-7-20(14-19)33-15-17-9-11-18(27)12-10-17/h5-7,9-12,14H,2-4,8,13,15H2,1H3,(H,28,31). The highest BCUT2D eigenvalue weighted by molar-refractivity contribution is 7.20. The number of fused-ring (bicyclic) bond motifs is 2. The normalized spacial score (nSPS) is 13.4.